The molecule has 1 atom stereocenters. The first-order valence-corrected chi connectivity index (χ1v) is 10.5. The third-order valence-corrected chi connectivity index (χ3v) is 5.55. The summed E-state index contributed by atoms with van der Waals surface area (Å²) < 4.78 is 53.9. The van der Waals surface area contributed by atoms with E-state index >= 15 is 4.39 Å². The van der Waals surface area contributed by atoms with E-state index in [4.69, 9.17) is 11.6 Å². The highest BCUT2D eigenvalue weighted by molar-refractivity contribution is 7.81. The van der Waals surface area contributed by atoms with Gasteiger partial charge in [0.25, 0.3) is 22.7 Å². The Kier molecular flexibility index (Phi) is 5.93. The summed E-state index contributed by atoms with van der Waals surface area (Å²) in [5, 5.41) is 2.44. The summed E-state index contributed by atoms with van der Waals surface area (Å²) in [4.78, 5) is 34.3. The van der Waals surface area contributed by atoms with E-state index in [0.29, 0.717) is 9.82 Å². The van der Waals surface area contributed by atoms with Crippen molar-refractivity contribution in [1.82, 2.24) is 24.7 Å². The summed E-state index contributed by atoms with van der Waals surface area (Å²) in [6, 6.07) is 2.83. The highest BCUT2D eigenvalue weighted by Crippen LogP contribution is 2.35. The Labute approximate surface area is 191 Å². The van der Waals surface area contributed by atoms with Crippen LogP contribution >= 0.6 is 11.6 Å². The number of hydrogen-bond acceptors (Lipinski definition) is 5. The Morgan fingerprint density at radius 1 is 1.30 bits per heavy atom. The number of rotatable bonds is 5. The molecule has 4 rings (SSSR count). The van der Waals surface area contributed by atoms with E-state index in [9.17, 15) is 22.7 Å². The average Bonchev–Trinajstić information content (AvgIpc) is 3.20. The molecular weight excluding hydrogens is 482 g/mol. The van der Waals surface area contributed by atoms with Crippen LogP contribution in [0.5, 0.6) is 0 Å². The molecule has 3 aromatic heterocycles. The quantitative estimate of drug-likeness (QED) is 0.365. The topological polar surface area (TPSA) is 133 Å². The zero-order chi connectivity index (χ0) is 23.9. The molecule has 0 spiro atoms. The van der Waals surface area contributed by atoms with Crippen LogP contribution in [-0.4, -0.2) is 41.1 Å². The number of aromatic amines is 1. The van der Waals surface area contributed by atoms with Crippen LogP contribution in [0.15, 0.2) is 47.9 Å². The summed E-state index contributed by atoms with van der Waals surface area (Å²) in [6.45, 7) is 0. The number of imidazole rings is 1. The number of amides is 1. The number of benzene rings is 1. The van der Waals surface area contributed by atoms with Gasteiger partial charge in [0, 0.05) is 19.4 Å². The molecule has 0 aliphatic heterocycles. The second kappa shape index (κ2) is 8.69. The maximum Gasteiger partial charge on any atom is 0.273 e. The first kappa shape index (κ1) is 22.5. The van der Waals surface area contributed by atoms with E-state index in [2.05, 4.69) is 20.3 Å². The maximum absolute atomic E-state index is 15.5. The monoisotopic (exact) mass is 494 g/mol. The number of nitrogens with zero attached hydrogens (tertiary/aromatic N) is 4. The van der Waals surface area contributed by atoms with Gasteiger partial charge in [0.1, 0.15) is 17.8 Å². The van der Waals surface area contributed by atoms with Gasteiger partial charge in [-0.05, 0) is 18.2 Å². The van der Waals surface area contributed by atoms with Crippen molar-refractivity contribution in [3.63, 3.8) is 0 Å². The molecule has 0 aliphatic rings. The lowest BCUT2D eigenvalue weighted by Gasteiger charge is -2.21. The first-order chi connectivity index (χ1) is 15.7. The normalized spacial score (nSPS) is 12.0. The molecule has 3 N–H and O–H groups in total. The van der Waals surface area contributed by atoms with Gasteiger partial charge in [0.15, 0.2) is 11.5 Å². The Hall–Kier alpha value is -3.68. The van der Waals surface area contributed by atoms with E-state index < -0.39 is 51.3 Å². The Morgan fingerprint density at radius 3 is 2.76 bits per heavy atom. The number of nitrogens with one attached hydrogen (secondary N) is 2. The number of halogens is 3. The highest BCUT2D eigenvalue weighted by atomic mass is 35.5. The summed E-state index contributed by atoms with van der Waals surface area (Å²) in [6.07, 6.45) is 4.87. The van der Waals surface area contributed by atoms with E-state index in [0.717, 1.165) is 24.4 Å². The number of carbonyl (C=O) groups is 1. The summed E-state index contributed by atoms with van der Waals surface area (Å²) >= 11 is 2.94. The second-order valence-corrected chi connectivity index (χ2v) is 7.81. The molecule has 0 radical (unpaired) electrons. The van der Waals surface area contributed by atoms with Gasteiger partial charge >= 0.3 is 0 Å². The molecule has 1 aromatic carbocycles. The molecule has 10 nitrogen and oxygen atoms in total. The van der Waals surface area contributed by atoms with Crippen molar-refractivity contribution >= 4 is 45.7 Å². The minimum absolute atomic E-state index is 0.0157. The fourth-order valence-electron chi connectivity index (χ4n) is 3.15. The summed E-state index contributed by atoms with van der Waals surface area (Å²) in [5.74, 6) is -2.74. The fourth-order valence-corrected chi connectivity index (χ4v) is 3.92. The zero-order valence-electron chi connectivity index (χ0n) is 16.5. The molecule has 0 bridgehead atoms. The predicted octanol–water partition coefficient (Wildman–Crippen LogP) is 2.65. The van der Waals surface area contributed by atoms with Gasteiger partial charge in [-0.1, -0.05) is 11.6 Å². The van der Waals surface area contributed by atoms with Gasteiger partial charge in [0.2, 0.25) is 0 Å². The van der Waals surface area contributed by atoms with Crippen molar-refractivity contribution in [2.45, 2.75) is 0 Å². The Balaban J connectivity index is 1.90. The third-order valence-electron chi connectivity index (χ3n) is 4.63. The van der Waals surface area contributed by atoms with Crippen molar-refractivity contribution < 1.29 is 22.3 Å². The number of pyridine rings is 1. The molecule has 1 unspecified atom stereocenters. The first-order valence-electron chi connectivity index (χ1n) is 9.05. The zero-order valence-corrected chi connectivity index (χ0v) is 18.1. The number of carbonyl (C=O) groups excluding carboxylic acids is 1. The van der Waals surface area contributed by atoms with Crippen LogP contribution in [0.2, 0.25) is 5.02 Å². The summed E-state index contributed by atoms with van der Waals surface area (Å²) in [5.41, 5.74) is -2.30. The Bertz CT molecular complexity index is 1490. The molecule has 3 heterocycles. The lowest BCUT2D eigenvalue weighted by molar-refractivity contribution is 0.0960. The SMILES string of the molecule is CNC(=O)c1ncn2cc(-c3c(F)ccc(N(c4cc(Cl)c[nH]c4=O)S(=O)O)c3F)ncc12. The van der Waals surface area contributed by atoms with Crippen LogP contribution < -0.4 is 15.2 Å². The van der Waals surface area contributed by atoms with Crippen LogP contribution in [0.4, 0.5) is 20.2 Å². The number of fused-ring (bicyclic) bond motifs is 1. The molecule has 0 saturated carbocycles. The second-order valence-electron chi connectivity index (χ2n) is 6.55. The molecule has 0 fully saturated rings. The van der Waals surface area contributed by atoms with E-state index in [-0.39, 0.29) is 16.4 Å². The molecule has 0 aliphatic carbocycles. The average molecular weight is 495 g/mol. The lowest BCUT2D eigenvalue weighted by atomic mass is 10.1. The van der Waals surface area contributed by atoms with Crippen LogP contribution in [0.25, 0.3) is 16.8 Å². The number of anilines is 2. The molecule has 170 valence electrons. The van der Waals surface area contributed by atoms with Gasteiger partial charge in [-0.25, -0.2) is 22.3 Å². The summed E-state index contributed by atoms with van der Waals surface area (Å²) in [7, 11) is 1.42. The van der Waals surface area contributed by atoms with Crippen LogP contribution in [0, 0.1) is 11.6 Å². The minimum Gasteiger partial charge on any atom is -0.354 e. The highest BCUT2D eigenvalue weighted by Gasteiger charge is 2.27. The number of H-pyrrole nitrogens is 1. The van der Waals surface area contributed by atoms with Crippen molar-refractivity contribution in [3.8, 4) is 11.3 Å². The predicted molar refractivity (Wildman–Crippen MR) is 117 cm³/mol. The standard InChI is InChI=1S/C19H13ClF2N6O4S/c1-23-19(30)17-14-6-24-11(7-27(14)8-26-17)15-10(21)2-3-12(16(15)22)28(33(31)32)13-4-9(20)5-25-18(13)29/h2-8H,1H3,(H,23,30)(H,25,29)(H,31,32). The van der Waals surface area contributed by atoms with Gasteiger partial charge < -0.3 is 14.7 Å². The van der Waals surface area contributed by atoms with Gasteiger partial charge in [-0.15, -0.1) is 0 Å². The van der Waals surface area contributed by atoms with Crippen molar-refractivity contribution in [2.75, 3.05) is 11.4 Å². The molecule has 0 saturated heterocycles. The number of aromatic nitrogens is 4. The minimum atomic E-state index is -2.92. The molecular formula is C19H13ClF2N6O4S. The van der Waals surface area contributed by atoms with Gasteiger partial charge in [-0.2, -0.15) is 0 Å². The molecule has 1 amide bonds. The van der Waals surface area contributed by atoms with E-state index in [1.807, 2.05) is 0 Å². The maximum atomic E-state index is 15.5. The largest absolute Gasteiger partial charge is 0.354 e. The smallest absolute Gasteiger partial charge is 0.273 e. The third kappa shape index (κ3) is 3.97. The van der Waals surface area contributed by atoms with Gasteiger partial charge in [-0.3, -0.25) is 19.1 Å². The molecule has 33 heavy (non-hydrogen) atoms. The van der Waals surface area contributed by atoms with Crippen LogP contribution in [0.1, 0.15) is 10.5 Å². The van der Waals surface area contributed by atoms with Crippen molar-refractivity contribution in [3.05, 3.63) is 75.8 Å². The van der Waals surface area contributed by atoms with Gasteiger partial charge in [0.05, 0.1) is 33.7 Å². The molecule has 4 aromatic rings. The van der Waals surface area contributed by atoms with E-state index in [1.54, 1.807) is 0 Å². The molecule has 14 heteroatoms. The number of hydrogen-bond donors (Lipinski definition) is 3. The van der Waals surface area contributed by atoms with E-state index in [1.165, 1.54) is 30.2 Å². The van der Waals surface area contributed by atoms with Crippen LogP contribution in [0.3, 0.4) is 0 Å². The van der Waals surface area contributed by atoms with Crippen molar-refractivity contribution in [1.29, 1.82) is 0 Å². The lowest BCUT2D eigenvalue weighted by Crippen LogP contribution is -2.27. The fraction of sp³-hybridized carbons (Fsp3) is 0.0526. The van der Waals surface area contributed by atoms with Crippen LogP contribution in [-0.2, 0) is 11.3 Å². The Morgan fingerprint density at radius 2 is 2.06 bits per heavy atom. The van der Waals surface area contributed by atoms with Crippen molar-refractivity contribution in [2.24, 2.45) is 0 Å².